The van der Waals surface area contributed by atoms with Crippen LogP contribution in [0.2, 0.25) is 0 Å². The van der Waals surface area contributed by atoms with E-state index in [0.29, 0.717) is 6.54 Å². The van der Waals surface area contributed by atoms with E-state index in [2.05, 4.69) is 4.98 Å². The van der Waals surface area contributed by atoms with Gasteiger partial charge in [-0.05, 0) is 17.7 Å². The first kappa shape index (κ1) is 8.97. The van der Waals surface area contributed by atoms with E-state index in [-0.39, 0.29) is 0 Å². The second-order valence-electron chi connectivity index (χ2n) is 3.06. The molecule has 2 N–H and O–H groups in total. The highest BCUT2D eigenvalue weighted by atomic mass is 16.5. The Labute approximate surface area is 82.5 Å². The molecule has 1 aromatic carbocycles. The van der Waals surface area contributed by atoms with Crippen LogP contribution in [0.1, 0.15) is 5.56 Å². The zero-order chi connectivity index (χ0) is 9.97. The highest BCUT2D eigenvalue weighted by Crippen LogP contribution is 2.23. The van der Waals surface area contributed by atoms with Crippen molar-refractivity contribution in [1.82, 2.24) is 4.98 Å². The lowest BCUT2D eigenvalue weighted by Gasteiger charge is -2.06. The van der Waals surface area contributed by atoms with Crippen LogP contribution in [0.25, 0.3) is 10.9 Å². The van der Waals surface area contributed by atoms with Crippen molar-refractivity contribution in [2.24, 2.45) is 5.73 Å². The van der Waals surface area contributed by atoms with Crippen molar-refractivity contribution < 1.29 is 4.74 Å². The molecule has 0 radical (unpaired) electrons. The van der Waals surface area contributed by atoms with Crippen LogP contribution < -0.4 is 10.5 Å². The van der Waals surface area contributed by atoms with E-state index in [1.165, 1.54) is 0 Å². The number of fused-ring (bicyclic) bond motifs is 1. The third kappa shape index (κ3) is 1.42. The summed E-state index contributed by atoms with van der Waals surface area (Å²) in [6.07, 6.45) is 1.77. The van der Waals surface area contributed by atoms with E-state index in [1.807, 2.05) is 24.3 Å². The number of pyridine rings is 1. The number of hydrogen-bond acceptors (Lipinski definition) is 3. The van der Waals surface area contributed by atoms with Gasteiger partial charge in [-0.3, -0.25) is 4.98 Å². The van der Waals surface area contributed by atoms with Crippen molar-refractivity contribution in [3.8, 4) is 5.75 Å². The molecule has 3 nitrogen and oxygen atoms in total. The van der Waals surface area contributed by atoms with E-state index in [1.54, 1.807) is 13.3 Å². The molecule has 1 aromatic heterocycles. The first-order chi connectivity index (χ1) is 6.85. The van der Waals surface area contributed by atoms with Gasteiger partial charge < -0.3 is 10.5 Å². The molecule has 0 aliphatic heterocycles. The number of methoxy groups -OCH3 is 1. The Morgan fingerprint density at radius 3 is 3.00 bits per heavy atom. The standard InChI is InChI=1S/C11H12N2O/c1-14-9-5-8(7-12)10-3-2-4-13-11(10)6-9/h2-6H,7,12H2,1H3. The summed E-state index contributed by atoms with van der Waals surface area (Å²) in [5, 5.41) is 1.09. The Bertz CT molecular complexity index is 454. The minimum absolute atomic E-state index is 0.499. The molecule has 0 amide bonds. The fraction of sp³-hybridized carbons (Fsp3) is 0.182. The third-order valence-corrected chi connectivity index (χ3v) is 2.24. The van der Waals surface area contributed by atoms with Crippen LogP contribution in [0.5, 0.6) is 5.75 Å². The molecule has 0 atom stereocenters. The molecule has 0 aliphatic rings. The van der Waals surface area contributed by atoms with Gasteiger partial charge in [0.2, 0.25) is 0 Å². The number of hydrogen-bond donors (Lipinski definition) is 1. The predicted molar refractivity (Wildman–Crippen MR) is 56.2 cm³/mol. The third-order valence-electron chi connectivity index (χ3n) is 2.24. The first-order valence-corrected chi connectivity index (χ1v) is 4.47. The average Bonchev–Trinajstić information content (AvgIpc) is 2.27. The van der Waals surface area contributed by atoms with Crippen molar-refractivity contribution >= 4 is 10.9 Å². The van der Waals surface area contributed by atoms with Crippen LogP contribution in [0, 0.1) is 0 Å². The summed E-state index contributed by atoms with van der Waals surface area (Å²) in [5.74, 6) is 0.802. The zero-order valence-corrected chi connectivity index (χ0v) is 8.03. The fourth-order valence-electron chi connectivity index (χ4n) is 1.52. The Balaban J connectivity index is 2.73. The molecule has 72 valence electrons. The van der Waals surface area contributed by atoms with Crippen molar-refractivity contribution in [2.75, 3.05) is 7.11 Å². The van der Waals surface area contributed by atoms with Crippen LogP contribution in [0.4, 0.5) is 0 Å². The van der Waals surface area contributed by atoms with Gasteiger partial charge in [-0.1, -0.05) is 6.07 Å². The SMILES string of the molecule is COc1cc(CN)c2cccnc2c1. The molecule has 0 unspecified atom stereocenters. The smallest absolute Gasteiger partial charge is 0.121 e. The van der Waals surface area contributed by atoms with E-state index in [0.717, 1.165) is 22.2 Å². The summed E-state index contributed by atoms with van der Waals surface area (Å²) < 4.78 is 5.17. The quantitative estimate of drug-likeness (QED) is 0.780. The second kappa shape index (κ2) is 3.64. The maximum atomic E-state index is 5.66. The maximum Gasteiger partial charge on any atom is 0.121 e. The molecule has 0 spiro atoms. The minimum Gasteiger partial charge on any atom is -0.497 e. The van der Waals surface area contributed by atoms with E-state index in [4.69, 9.17) is 10.5 Å². The van der Waals surface area contributed by atoms with Gasteiger partial charge in [0.15, 0.2) is 0 Å². The monoisotopic (exact) mass is 188 g/mol. The normalized spacial score (nSPS) is 10.4. The topological polar surface area (TPSA) is 48.1 Å². The number of nitrogens with zero attached hydrogens (tertiary/aromatic N) is 1. The number of nitrogens with two attached hydrogens (primary N) is 1. The predicted octanol–water partition coefficient (Wildman–Crippen LogP) is 1.70. The molecule has 14 heavy (non-hydrogen) atoms. The van der Waals surface area contributed by atoms with E-state index < -0.39 is 0 Å². The molecule has 1 heterocycles. The van der Waals surface area contributed by atoms with Gasteiger partial charge >= 0.3 is 0 Å². The molecular weight excluding hydrogens is 176 g/mol. The van der Waals surface area contributed by atoms with Gasteiger partial charge in [-0.15, -0.1) is 0 Å². The Morgan fingerprint density at radius 2 is 2.29 bits per heavy atom. The molecule has 0 fully saturated rings. The average molecular weight is 188 g/mol. The molecular formula is C11H12N2O. The number of benzene rings is 1. The molecule has 3 heteroatoms. The number of ether oxygens (including phenoxy) is 1. The number of aromatic nitrogens is 1. The van der Waals surface area contributed by atoms with Crippen LogP contribution >= 0.6 is 0 Å². The summed E-state index contributed by atoms with van der Waals surface area (Å²) in [6, 6.07) is 7.79. The second-order valence-corrected chi connectivity index (χ2v) is 3.06. The van der Waals surface area contributed by atoms with E-state index in [9.17, 15) is 0 Å². The van der Waals surface area contributed by atoms with Gasteiger partial charge in [-0.2, -0.15) is 0 Å². The summed E-state index contributed by atoms with van der Waals surface area (Å²) in [5.41, 5.74) is 7.64. The van der Waals surface area contributed by atoms with Crippen molar-refractivity contribution in [1.29, 1.82) is 0 Å². The molecule has 0 bridgehead atoms. The molecule has 0 saturated carbocycles. The Kier molecular flexibility index (Phi) is 2.33. The highest BCUT2D eigenvalue weighted by molar-refractivity contribution is 5.83. The van der Waals surface area contributed by atoms with Crippen LogP contribution in [0.3, 0.4) is 0 Å². The van der Waals surface area contributed by atoms with Crippen molar-refractivity contribution in [3.05, 3.63) is 36.0 Å². The molecule has 0 aliphatic carbocycles. The van der Waals surface area contributed by atoms with Crippen LogP contribution in [0.15, 0.2) is 30.5 Å². The molecule has 2 rings (SSSR count). The van der Waals surface area contributed by atoms with Gasteiger partial charge in [0.05, 0.1) is 12.6 Å². The zero-order valence-electron chi connectivity index (χ0n) is 8.03. The summed E-state index contributed by atoms with van der Waals surface area (Å²) in [6.45, 7) is 0.499. The lowest BCUT2D eigenvalue weighted by molar-refractivity contribution is 0.415. The Morgan fingerprint density at radius 1 is 1.43 bits per heavy atom. The largest absolute Gasteiger partial charge is 0.497 e. The molecule has 2 aromatic rings. The lowest BCUT2D eigenvalue weighted by Crippen LogP contribution is -1.98. The van der Waals surface area contributed by atoms with Gasteiger partial charge in [-0.25, -0.2) is 0 Å². The highest BCUT2D eigenvalue weighted by Gasteiger charge is 2.02. The van der Waals surface area contributed by atoms with E-state index >= 15 is 0 Å². The lowest BCUT2D eigenvalue weighted by atomic mass is 10.1. The van der Waals surface area contributed by atoms with Gasteiger partial charge in [0.1, 0.15) is 5.75 Å². The van der Waals surface area contributed by atoms with Crippen LogP contribution in [-0.4, -0.2) is 12.1 Å². The van der Waals surface area contributed by atoms with Gasteiger partial charge in [0, 0.05) is 24.2 Å². The first-order valence-electron chi connectivity index (χ1n) is 4.47. The maximum absolute atomic E-state index is 5.66. The summed E-state index contributed by atoms with van der Waals surface area (Å²) in [7, 11) is 1.64. The summed E-state index contributed by atoms with van der Waals surface area (Å²) >= 11 is 0. The fourth-order valence-corrected chi connectivity index (χ4v) is 1.52. The summed E-state index contributed by atoms with van der Waals surface area (Å²) in [4.78, 5) is 4.26. The van der Waals surface area contributed by atoms with Crippen molar-refractivity contribution in [3.63, 3.8) is 0 Å². The van der Waals surface area contributed by atoms with Gasteiger partial charge in [0.25, 0.3) is 0 Å². The van der Waals surface area contributed by atoms with Crippen molar-refractivity contribution in [2.45, 2.75) is 6.54 Å². The van der Waals surface area contributed by atoms with Crippen LogP contribution in [-0.2, 0) is 6.54 Å². The minimum atomic E-state index is 0.499. The molecule has 0 saturated heterocycles. The number of rotatable bonds is 2. The Hall–Kier alpha value is -1.61.